The second-order valence-electron chi connectivity index (χ2n) is 7.70. The van der Waals surface area contributed by atoms with E-state index in [1.54, 1.807) is 6.07 Å². The molecule has 0 saturated heterocycles. The standard InChI is InChI=1S/C25H27N5O2/c1-16(23-12-20(26-3)14-28(23)4)27-21-13-24(29(5)15-21)17(2)30-10-9-18-11-19(25(31)32-6)7-8-22(18)30/h7-15,26-27H,1-2H2,3-6H3. The van der Waals surface area contributed by atoms with Gasteiger partial charge in [-0.15, -0.1) is 0 Å². The van der Waals surface area contributed by atoms with Gasteiger partial charge in [0.25, 0.3) is 0 Å². The molecule has 7 nitrogen and oxygen atoms in total. The number of rotatable bonds is 7. The van der Waals surface area contributed by atoms with Crippen molar-refractivity contribution in [1.29, 1.82) is 0 Å². The first-order chi connectivity index (χ1) is 15.3. The summed E-state index contributed by atoms with van der Waals surface area (Å²) in [5.74, 6) is -0.350. The van der Waals surface area contributed by atoms with Crippen LogP contribution in [0.15, 0.2) is 68.1 Å². The van der Waals surface area contributed by atoms with Gasteiger partial charge in [-0.1, -0.05) is 13.2 Å². The molecule has 0 fully saturated rings. The van der Waals surface area contributed by atoms with E-state index in [4.69, 9.17) is 4.74 Å². The third-order valence-corrected chi connectivity index (χ3v) is 5.60. The third-order valence-electron chi connectivity index (χ3n) is 5.60. The molecule has 3 heterocycles. The number of aromatic nitrogens is 3. The summed E-state index contributed by atoms with van der Waals surface area (Å²) in [4.78, 5) is 11.8. The van der Waals surface area contributed by atoms with Crippen LogP contribution in [0.1, 0.15) is 21.7 Å². The molecule has 32 heavy (non-hydrogen) atoms. The Hall–Kier alpha value is -4.13. The number of carbonyl (C=O) groups is 1. The Bertz CT molecular complexity index is 1350. The first-order valence-corrected chi connectivity index (χ1v) is 10.2. The lowest BCUT2D eigenvalue weighted by Gasteiger charge is -2.10. The van der Waals surface area contributed by atoms with Crippen LogP contribution in [0.2, 0.25) is 0 Å². The zero-order chi connectivity index (χ0) is 23.0. The minimum absolute atomic E-state index is 0.350. The largest absolute Gasteiger partial charge is 0.465 e. The average molecular weight is 430 g/mol. The van der Waals surface area contributed by atoms with Crippen molar-refractivity contribution in [1.82, 2.24) is 13.7 Å². The third kappa shape index (κ3) is 3.69. The predicted molar refractivity (Wildman–Crippen MR) is 131 cm³/mol. The van der Waals surface area contributed by atoms with Crippen LogP contribution in [-0.4, -0.2) is 33.8 Å². The van der Waals surface area contributed by atoms with E-state index in [9.17, 15) is 4.79 Å². The van der Waals surface area contributed by atoms with Crippen molar-refractivity contribution in [2.45, 2.75) is 0 Å². The summed E-state index contributed by atoms with van der Waals surface area (Å²) in [6.07, 6.45) is 5.98. The van der Waals surface area contributed by atoms with Crippen molar-refractivity contribution < 1.29 is 9.53 Å². The number of carbonyl (C=O) groups excluding carboxylic acids is 1. The first-order valence-electron chi connectivity index (χ1n) is 10.2. The Morgan fingerprint density at radius 2 is 1.66 bits per heavy atom. The number of nitrogens with zero attached hydrogens (tertiary/aromatic N) is 3. The Balaban J connectivity index is 1.60. The van der Waals surface area contributed by atoms with E-state index in [1.165, 1.54) is 7.11 Å². The van der Waals surface area contributed by atoms with Gasteiger partial charge in [-0.3, -0.25) is 0 Å². The van der Waals surface area contributed by atoms with Crippen molar-refractivity contribution in [3.05, 3.63) is 85.1 Å². The number of ether oxygens (including phenoxy) is 1. The fourth-order valence-electron chi connectivity index (χ4n) is 3.91. The number of benzene rings is 1. The number of anilines is 2. The normalized spacial score (nSPS) is 10.9. The van der Waals surface area contributed by atoms with Gasteiger partial charge in [0.15, 0.2) is 0 Å². The van der Waals surface area contributed by atoms with Gasteiger partial charge in [0.1, 0.15) is 0 Å². The van der Waals surface area contributed by atoms with Crippen LogP contribution in [0.5, 0.6) is 0 Å². The molecule has 0 atom stereocenters. The lowest BCUT2D eigenvalue weighted by atomic mass is 10.1. The lowest BCUT2D eigenvalue weighted by Crippen LogP contribution is -2.02. The number of aryl methyl sites for hydroxylation is 2. The molecule has 4 aromatic rings. The van der Waals surface area contributed by atoms with Gasteiger partial charge in [0.2, 0.25) is 0 Å². The molecule has 0 unspecified atom stereocenters. The van der Waals surface area contributed by atoms with Gasteiger partial charge in [0, 0.05) is 45.1 Å². The summed E-state index contributed by atoms with van der Waals surface area (Å²) in [6.45, 7) is 8.52. The van der Waals surface area contributed by atoms with Crippen LogP contribution in [0.3, 0.4) is 0 Å². The summed E-state index contributed by atoms with van der Waals surface area (Å²) in [5.41, 5.74) is 7.02. The number of hydrogen-bond acceptors (Lipinski definition) is 4. The minimum Gasteiger partial charge on any atom is -0.465 e. The zero-order valence-corrected chi connectivity index (χ0v) is 18.8. The molecule has 164 valence electrons. The molecule has 0 saturated carbocycles. The highest BCUT2D eigenvalue weighted by atomic mass is 16.5. The fraction of sp³-hybridized carbons (Fsp3) is 0.160. The zero-order valence-electron chi connectivity index (χ0n) is 18.8. The molecule has 1 aromatic carbocycles. The SMILES string of the molecule is C=C(Nc1cc(C(=C)n2ccc3cc(C(=O)OC)ccc32)n(C)c1)c1cc(NC)cn1C. The van der Waals surface area contributed by atoms with Gasteiger partial charge in [-0.25, -0.2) is 4.79 Å². The quantitative estimate of drug-likeness (QED) is 0.416. The van der Waals surface area contributed by atoms with Crippen molar-refractivity contribution in [3.8, 4) is 0 Å². The number of esters is 1. The van der Waals surface area contributed by atoms with Crippen LogP contribution in [-0.2, 0) is 18.8 Å². The van der Waals surface area contributed by atoms with E-state index in [0.29, 0.717) is 5.56 Å². The summed E-state index contributed by atoms with van der Waals surface area (Å²) in [5, 5.41) is 7.48. The molecular formula is C25H27N5O2. The summed E-state index contributed by atoms with van der Waals surface area (Å²) >= 11 is 0. The Morgan fingerprint density at radius 1 is 0.969 bits per heavy atom. The predicted octanol–water partition coefficient (Wildman–Crippen LogP) is 4.75. The monoisotopic (exact) mass is 429 g/mol. The Labute approximate surface area is 187 Å². The lowest BCUT2D eigenvalue weighted by molar-refractivity contribution is 0.0601. The number of methoxy groups -OCH3 is 1. The van der Waals surface area contributed by atoms with Crippen molar-refractivity contribution >= 4 is 39.6 Å². The summed E-state index contributed by atoms with van der Waals surface area (Å²) < 4.78 is 10.9. The van der Waals surface area contributed by atoms with E-state index >= 15 is 0 Å². The van der Waals surface area contributed by atoms with E-state index in [-0.39, 0.29) is 5.97 Å². The van der Waals surface area contributed by atoms with Gasteiger partial charge < -0.3 is 29.1 Å². The minimum atomic E-state index is -0.350. The topological polar surface area (TPSA) is 65.2 Å². The van der Waals surface area contributed by atoms with E-state index in [0.717, 1.165) is 45.1 Å². The van der Waals surface area contributed by atoms with Gasteiger partial charge >= 0.3 is 5.97 Å². The number of fused-ring (bicyclic) bond motifs is 1. The maximum Gasteiger partial charge on any atom is 0.337 e. The van der Waals surface area contributed by atoms with Gasteiger partial charge in [0.05, 0.1) is 52.3 Å². The van der Waals surface area contributed by atoms with Crippen LogP contribution >= 0.6 is 0 Å². The highest BCUT2D eigenvalue weighted by molar-refractivity contribution is 5.96. The van der Waals surface area contributed by atoms with E-state index in [1.807, 2.05) is 83.8 Å². The maximum absolute atomic E-state index is 11.8. The van der Waals surface area contributed by atoms with Crippen LogP contribution < -0.4 is 10.6 Å². The molecule has 0 spiro atoms. The van der Waals surface area contributed by atoms with Crippen molar-refractivity contribution in [3.63, 3.8) is 0 Å². The first kappa shape index (κ1) is 21.1. The molecule has 2 N–H and O–H groups in total. The molecule has 0 aliphatic carbocycles. The highest BCUT2D eigenvalue weighted by Crippen LogP contribution is 2.28. The second-order valence-corrected chi connectivity index (χ2v) is 7.70. The van der Waals surface area contributed by atoms with Crippen molar-refractivity contribution in [2.24, 2.45) is 14.1 Å². The summed E-state index contributed by atoms with van der Waals surface area (Å²) in [7, 11) is 7.25. The van der Waals surface area contributed by atoms with Gasteiger partial charge in [-0.05, 0) is 36.4 Å². The molecule has 0 amide bonds. The summed E-state index contributed by atoms with van der Waals surface area (Å²) in [6, 6.07) is 11.6. The number of nitrogens with one attached hydrogen (secondary N) is 2. The van der Waals surface area contributed by atoms with E-state index in [2.05, 4.69) is 23.8 Å². The van der Waals surface area contributed by atoms with Crippen LogP contribution in [0.25, 0.3) is 22.3 Å². The number of hydrogen-bond donors (Lipinski definition) is 2. The van der Waals surface area contributed by atoms with Crippen LogP contribution in [0, 0.1) is 0 Å². The van der Waals surface area contributed by atoms with E-state index < -0.39 is 0 Å². The molecular weight excluding hydrogens is 402 g/mol. The molecule has 0 aliphatic heterocycles. The van der Waals surface area contributed by atoms with Crippen molar-refractivity contribution in [2.75, 3.05) is 24.8 Å². The smallest absolute Gasteiger partial charge is 0.337 e. The molecule has 3 aromatic heterocycles. The maximum atomic E-state index is 11.8. The average Bonchev–Trinajstić information content (AvgIpc) is 3.48. The van der Waals surface area contributed by atoms with Gasteiger partial charge in [-0.2, -0.15) is 0 Å². The molecule has 0 bridgehead atoms. The highest BCUT2D eigenvalue weighted by Gasteiger charge is 2.14. The molecule has 0 aliphatic rings. The Kier molecular flexibility index (Phi) is 5.40. The molecule has 4 rings (SSSR count). The second kappa shape index (κ2) is 8.19. The Morgan fingerprint density at radius 3 is 2.34 bits per heavy atom. The molecule has 7 heteroatoms. The van der Waals surface area contributed by atoms with Crippen LogP contribution in [0.4, 0.5) is 11.4 Å². The molecule has 0 radical (unpaired) electrons. The fourth-order valence-corrected chi connectivity index (χ4v) is 3.91.